The van der Waals surface area contributed by atoms with Crippen LogP contribution in [0.4, 0.5) is 0 Å². The molecule has 2 aliphatic rings. The van der Waals surface area contributed by atoms with Crippen molar-refractivity contribution in [2.24, 2.45) is 0 Å². The highest BCUT2D eigenvalue weighted by Crippen LogP contribution is 2.42. The quantitative estimate of drug-likeness (QED) is 0.439. The molecule has 31 heavy (non-hydrogen) atoms. The molecule has 0 atom stereocenters. The van der Waals surface area contributed by atoms with Crippen LogP contribution in [0.1, 0.15) is 32.6 Å². The summed E-state index contributed by atoms with van der Waals surface area (Å²) in [5, 5.41) is 1.22. The molecule has 2 aliphatic heterocycles. The SMILES string of the molecule is Cc1ccccc1/C=C1\Oc2c(ccc3c2CN(Cc2ccc(Cl)cc2Cl)CO3)C1=O. The number of hydrogen-bond acceptors (Lipinski definition) is 4. The highest BCUT2D eigenvalue weighted by Gasteiger charge is 2.33. The summed E-state index contributed by atoms with van der Waals surface area (Å²) in [5.74, 6) is 1.53. The summed E-state index contributed by atoms with van der Waals surface area (Å²) in [6, 6.07) is 17.0. The van der Waals surface area contributed by atoms with Gasteiger partial charge in [0.15, 0.2) is 5.76 Å². The molecule has 2 heterocycles. The predicted octanol–water partition coefficient (Wildman–Crippen LogP) is 6.27. The maximum atomic E-state index is 13.0. The number of ether oxygens (including phenoxy) is 2. The minimum Gasteiger partial charge on any atom is -0.478 e. The first kappa shape index (κ1) is 20.1. The van der Waals surface area contributed by atoms with Crippen molar-refractivity contribution in [2.45, 2.75) is 20.0 Å². The summed E-state index contributed by atoms with van der Waals surface area (Å²) in [5.41, 5.74) is 4.44. The Morgan fingerprint density at radius 1 is 1.10 bits per heavy atom. The van der Waals surface area contributed by atoms with Gasteiger partial charge in [0.05, 0.1) is 11.1 Å². The highest BCUT2D eigenvalue weighted by atomic mass is 35.5. The second-order valence-electron chi connectivity index (χ2n) is 7.71. The van der Waals surface area contributed by atoms with E-state index in [0.717, 1.165) is 28.0 Å². The van der Waals surface area contributed by atoms with E-state index in [0.29, 0.717) is 46.9 Å². The molecule has 156 valence electrons. The summed E-state index contributed by atoms with van der Waals surface area (Å²) in [4.78, 5) is 15.1. The van der Waals surface area contributed by atoms with Gasteiger partial charge in [-0.3, -0.25) is 9.69 Å². The fourth-order valence-electron chi connectivity index (χ4n) is 3.89. The van der Waals surface area contributed by atoms with Crippen LogP contribution in [0.3, 0.4) is 0 Å². The summed E-state index contributed by atoms with van der Waals surface area (Å²) in [6.45, 7) is 3.61. The molecule has 4 nitrogen and oxygen atoms in total. The number of halogens is 2. The number of allylic oxidation sites excluding steroid dienone is 1. The van der Waals surface area contributed by atoms with Crippen molar-refractivity contribution < 1.29 is 14.3 Å². The van der Waals surface area contributed by atoms with Crippen molar-refractivity contribution in [1.29, 1.82) is 0 Å². The number of carbonyl (C=O) groups is 1. The van der Waals surface area contributed by atoms with E-state index in [1.54, 1.807) is 18.2 Å². The van der Waals surface area contributed by atoms with Gasteiger partial charge in [-0.2, -0.15) is 0 Å². The normalized spacial score (nSPS) is 16.6. The maximum Gasteiger partial charge on any atom is 0.231 e. The number of aryl methyl sites for hydroxylation is 1. The van der Waals surface area contributed by atoms with Crippen molar-refractivity contribution in [3.8, 4) is 11.5 Å². The Kier molecular flexibility index (Phi) is 5.22. The number of rotatable bonds is 3. The second kappa shape index (κ2) is 8.04. The summed E-state index contributed by atoms with van der Waals surface area (Å²) >= 11 is 12.4. The monoisotopic (exact) mass is 451 g/mol. The topological polar surface area (TPSA) is 38.8 Å². The molecule has 0 unspecified atom stereocenters. The van der Waals surface area contributed by atoms with E-state index in [9.17, 15) is 4.79 Å². The Morgan fingerprint density at radius 2 is 1.94 bits per heavy atom. The van der Waals surface area contributed by atoms with E-state index in [1.165, 1.54) is 0 Å². The van der Waals surface area contributed by atoms with Gasteiger partial charge in [-0.25, -0.2) is 0 Å². The van der Waals surface area contributed by atoms with E-state index in [-0.39, 0.29) is 5.78 Å². The lowest BCUT2D eigenvalue weighted by atomic mass is 10.0. The van der Waals surface area contributed by atoms with Gasteiger partial charge >= 0.3 is 0 Å². The number of hydrogen-bond donors (Lipinski definition) is 0. The van der Waals surface area contributed by atoms with Crippen LogP contribution in [0.25, 0.3) is 6.08 Å². The summed E-state index contributed by atoms with van der Waals surface area (Å²) in [7, 11) is 0. The van der Waals surface area contributed by atoms with E-state index in [2.05, 4.69) is 4.90 Å². The molecule has 3 aromatic carbocycles. The lowest BCUT2D eigenvalue weighted by molar-refractivity contribution is 0.0873. The zero-order valence-corrected chi connectivity index (χ0v) is 18.3. The predicted molar refractivity (Wildman–Crippen MR) is 122 cm³/mol. The van der Waals surface area contributed by atoms with Gasteiger partial charge in [0, 0.05) is 23.1 Å². The summed E-state index contributed by atoms with van der Waals surface area (Å²) in [6.07, 6.45) is 1.80. The fourth-order valence-corrected chi connectivity index (χ4v) is 4.35. The molecule has 0 saturated carbocycles. The van der Waals surface area contributed by atoms with Gasteiger partial charge in [0.25, 0.3) is 0 Å². The highest BCUT2D eigenvalue weighted by molar-refractivity contribution is 6.35. The van der Waals surface area contributed by atoms with Crippen LogP contribution in [0.5, 0.6) is 11.5 Å². The number of nitrogens with zero attached hydrogens (tertiary/aromatic N) is 1. The Hall–Kier alpha value is -2.79. The Morgan fingerprint density at radius 3 is 2.74 bits per heavy atom. The lowest BCUT2D eigenvalue weighted by Crippen LogP contribution is -2.31. The van der Waals surface area contributed by atoms with Gasteiger partial charge < -0.3 is 9.47 Å². The van der Waals surface area contributed by atoms with Gasteiger partial charge in [0.1, 0.15) is 18.2 Å². The number of Topliss-reactive ketones (excluding diaryl/α,β-unsaturated/α-hetero) is 1. The molecule has 0 aliphatic carbocycles. The molecule has 0 N–H and O–H groups in total. The van der Waals surface area contributed by atoms with Crippen molar-refractivity contribution in [1.82, 2.24) is 4.90 Å². The van der Waals surface area contributed by atoms with Crippen molar-refractivity contribution in [3.63, 3.8) is 0 Å². The van der Waals surface area contributed by atoms with Crippen molar-refractivity contribution >= 4 is 35.1 Å². The zero-order chi connectivity index (χ0) is 21.5. The smallest absolute Gasteiger partial charge is 0.231 e. The number of fused-ring (bicyclic) bond motifs is 3. The van der Waals surface area contributed by atoms with Crippen molar-refractivity contribution in [2.75, 3.05) is 6.73 Å². The molecule has 0 amide bonds. The Balaban J connectivity index is 1.43. The van der Waals surface area contributed by atoms with Crippen LogP contribution in [0.2, 0.25) is 10.0 Å². The van der Waals surface area contributed by atoms with Crippen LogP contribution in [-0.2, 0) is 13.1 Å². The average Bonchev–Trinajstić information content (AvgIpc) is 3.08. The van der Waals surface area contributed by atoms with Crippen LogP contribution in [0.15, 0.2) is 60.4 Å². The van der Waals surface area contributed by atoms with Crippen LogP contribution in [0, 0.1) is 6.92 Å². The minimum absolute atomic E-state index is 0.112. The van der Waals surface area contributed by atoms with Gasteiger partial charge in [-0.1, -0.05) is 53.5 Å². The van der Waals surface area contributed by atoms with Crippen molar-refractivity contribution in [3.05, 3.63) is 98.2 Å². The van der Waals surface area contributed by atoms with E-state index in [4.69, 9.17) is 32.7 Å². The molecule has 3 aromatic rings. The summed E-state index contributed by atoms with van der Waals surface area (Å²) < 4.78 is 12.0. The molecule has 6 heteroatoms. The Labute approximate surface area is 190 Å². The molecule has 0 aromatic heterocycles. The molecule has 0 radical (unpaired) electrons. The maximum absolute atomic E-state index is 13.0. The fraction of sp³-hybridized carbons (Fsp3) is 0.160. The number of benzene rings is 3. The van der Waals surface area contributed by atoms with E-state index < -0.39 is 0 Å². The van der Waals surface area contributed by atoms with Crippen LogP contribution < -0.4 is 9.47 Å². The Bertz CT molecular complexity index is 1240. The lowest BCUT2D eigenvalue weighted by Gasteiger charge is -2.30. The number of ketones is 1. The molecular formula is C25H19Cl2NO3. The molecule has 0 spiro atoms. The van der Waals surface area contributed by atoms with Gasteiger partial charge in [-0.05, 0) is 54.0 Å². The first-order valence-corrected chi connectivity index (χ1v) is 10.7. The standard InChI is InChI=1S/C25H19Cl2NO3/c1-15-4-2-3-5-16(15)10-23-24(29)19-8-9-22-20(25(19)31-23)13-28(14-30-22)12-17-6-7-18(26)11-21(17)27/h2-11H,12-14H2,1H3/b23-10-. The third-order valence-corrected chi connectivity index (χ3v) is 6.15. The molecular weight excluding hydrogens is 433 g/mol. The molecule has 0 bridgehead atoms. The van der Waals surface area contributed by atoms with Gasteiger partial charge in [-0.15, -0.1) is 0 Å². The zero-order valence-electron chi connectivity index (χ0n) is 16.8. The first-order chi connectivity index (χ1) is 15.0. The van der Waals surface area contributed by atoms with Crippen LogP contribution in [-0.4, -0.2) is 17.4 Å². The third-order valence-electron chi connectivity index (χ3n) is 5.57. The second-order valence-corrected chi connectivity index (χ2v) is 8.56. The molecule has 0 fully saturated rings. The number of carbonyl (C=O) groups excluding carboxylic acids is 1. The molecule has 0 saturated heterocycles. The van der Waals surface area contributed by atoms with Crippen LogP contribution >= 0.6 is 23.2 Å². The first-order valence-electron chi connectivity index (χ1n) is 9.94. The third kappa shape index (κ3) is 3.83. The van der Waals surface area contributed by atoms with Gasteiger partial charge in [0.2, 0.25) is 5.78 Å². The minimum atomic E-state index is -0.112. The largest absolute Gasteiger partial charge is 0.478 e. The molecule has 5 rings (SSSR count). The van der Waals surface area contributed by atoms with E-state index in [1.807, 2.05) is 49.4 Å². The average molecular weight is 452 g/mol. The van der Waals surface area contributed by atoms with E-state index >= 15 is 0 Å².